The number of nitrogens with one attached hydrogen (secondary N) is 1. The summed E-state index contributed by atoms with van der Waals surface area (Å²) in [5, 5.41) is 3.50. The maximum Gasteiger partial charge on any atom is 0.253 e. The number of carbonyl (C=O) groups excluding carboxylic acids is 1. The topological polar surface area (TPSA) is 88.6 Å². The Balaban J connectivity index is 1.80. The Labute approximate surface area is 197 Å². The standard InChI is InChI=1S/C22H24ClN3O4S2/c1-4-21-25-18(14-31-21)13-26(2)22(27)16-7-10-19(30-3)20(11-16)32(28,29)24-12-15-5-8-17(23)9-6-15/h5-11,14,24H,4,12-13H2,1-3H3. The summed E-state index contributed by atoms with van der Waals surface area (Å²) in [6.07, 6.45) is 0.838. The van der Waals surface area contributed by atoms with Gasteiger partial charge >= 0.3 is 0 Å². The molecule has 10 heteroatoms. The van der Waals surface area contributed by atoms with Crippen LogP contribution in [-0.4, -0.2) is 38.4 Å². The molecule has 0 aliphatic rings. The number of rotatable bonds is 9. The van der Waals surface area contributed by atoms with E-state index in [1.807, 2.05) is 12.3 Å². The minimum Gasteiger partial charge on any atom is -0.495 e. The molecule has 0 unspecified atom stereocenters. The van der Waals surface area contributed by atoms with Crippen molar-refractivity contribution < 1.29 is 17.9 Å². The van der Waals surface area contributed by atoms with E-state index in [0.29, 0.717) is 11.6 Å². The summed E-state index contributed by atoms with van der Waals surface area (Å²) in [4.78, 5) is 18.8. The van der Waals surface area contributed by atoms with Gasteiger partial charge in [-0.1, -0.05) is 30.7 Å². The van der Waals surface area contributed by atoms with Crippen LogP contribution in [0.2, 0.25) is 5.02 Å². The lowest BCUT2D eigenvalue weighted by molar-refractivity contribution is 0.0783. The number of aryl methyl sites for hydroxylation is 1. The summed E-state index contributed by atoms with van der Waals surface area (Å²) in [6.45, 7) is 2.43. The van der Waals surface area contributed by atoms with Gasteiger partial charge in [0.15, 0.2) is 0 Å². The molecule has 0 spiro atoms. The van der Waals surface area contributed by atoms with Gasteiger partial charge in [-0.25, -0.2) is 18.1 Å². The number of halogens is 1. The van der Waals surface area contributed by atoms with Crippen LogP contribution in [0.1, 0.15) is 33.5 Å². The van der Waals surface area contributed by atoms with E-state index in [-0.39, 0.29) is 28.7 Å². The van der Waals surface area contributed by atoms with Crippen molar-refractivity contribution in [2.45, 2.75) is 31.3 Å². The molecular formula is C22H24ClN3O4S2. The number of hydrogen-bond donors (Lipinski definition) is 1. The third-order valence-corrected chi connectivity index (χ3v) is 7.44. The molecule has 0 aliphatic heterocycles. The fraction of sp³-hybridized carbons (Fsp3) is 0.273. The molecule has 3 aromatic rings. The van der Waals surface area contributed by atoms with E-state index in [1.54, 1.807) is 48.7 Å². The van der Waals surface area contributed by atoms with Crippen molar-refractivity contribution in [2.24, 2.45) is 0 Å². The summed E-state index contributed by atoms with van der Waals surface area (Å²) in [5.41, 5.74) is 1.79. The van der Waals surface area contributed by atoms with Crippen molar-refractivity contribution in [1.29, 1.82) is 0 Å². The minimum absolute atomic E-state index is 0.0737. The van der Waals surface area contributed by atoms with Crippen molar-refractivity contribution in [3.63, 3.8) is 0 Å². The van der Waals surface area contributed by atoms with E-state index >= 15 is 0 Å². The maximum absolute atomic E-state index is 13.0. The molecular weight excluding hydrogens is 470 g/mol. The van der Waals surface area contributed by atoms with Crippen LogP contribution in [0.5, 0.6) is 5.75 Å². The molecule has 0 aliphatic carbocycles. The number of aromatic nitrogens is 1. The lowest BCUT2D eigenvalue weighted by Gasteiger charge is -2.17. The molecule has 0 atom stereocenters. The number of amides is 1. The molecule has 0 saturated heterocycles. The molecule has 0 fully saturated rings. The van der Waals surface area contributed by atoms with Gasteiger partial charge in [0.25, 0.3) is 5.91 Å². The highest BCUT2D eigenvalue weighted by molar-refractivity contribution is 7.89. The summed E-state index contributed by atoms with van der Waals surface area (Å²) in [7, 11) is -0.901. The summed E-state index contributed by atoms with van der Waals surface area (Å²) in [6, 6.07) is 11.2. The molecule has 1 aromatic heterocycles. The van der Waals surface area contributed by atoms with Crippen LogP contribution in [0.3, 0.4) is 0 Å². The monoisotopic (exact) mass is 493 g/mol. The van der Waals surface area contributed by atoms with Gasteiger partial charge in [-0.2, -0.15) is 0 Å². The fourth-order valence-corrected chi connectivity index (χ4v) is 5.07. The SMILES string of the molecule is CCc1nc(CN(C)C(=O)c2ccc(OC)c(S(=O)(=O)NCc3ccc(Cl)cc3)c2)cs1. The molecule has 3 rings (SSSR count). The van der Waals surface area contributed by atoms with Crippen molar-refractivity contribution in [3.05, 3.63) is 74.7 Å². The van der Waals surface area contributed by atoms with Crippen LogP contribution in [0, 0.1) is 0 Å². The molecule has 1 N–H and O–H groups in total. The largest absolute Gasteiger partial charge is 0.495 e. The van der Waals surface area contributed by atoms with Crippen molar-refractivity contribution in [1.82, 2.24) is 14.6 Å². The van der Waals surface area contributed by atoms with Gasteiger partial charge in [0, 0.05) is 29.6 Å². The average molecular weight is 494 g/mol. The van der Waals surface area contributed by atoms with Crippen molar-refractivity contribution >= 4 is 38.9 Å². The zero-order valence-corrected chi connectivity index (χ0v) is 20.4. The molecule has 1 heterocycles. The number of benzene rings is 2. The molecule has 32 heavy (non-hydrogen) atoms. The Hall–Kier alpha value is -2.46. The number of hydrogen-bond acceptors (Lipinski definition) is 6. The second kappa shape index (κ2) is 10.4. The minimum atomic E-state index is -3.94. The molecule has 0 radical (unpaired) electrons. The van der Waals surface area contributed by atoms with Crippen LogP contribution in [0.25, 0.3) is 0 Å². The average Bonchev–Trinajstić information content (AvgIpc) is 3.25. The zero-order chi connectivity index (χ0) is 23.3. The van der Waals surface area contributed by atoms with Gasteiger partial charge in [-0.05, 0) is 42.3 Å². The lowest BCUT2D eigenvalue weighted by atomic mass is 10.2. The highest BCUT2D eigenvalue weighted by Crippen LogP contribution is 2.26. The fourth-order valence-electron chi connectivity index (χ4n) is 3.00. The van der Waals surface area contributed by atoms with E-state index in [4.69, 9.17) is 16.3 Å². The van der Waals surface area contributed by atoms with E-state index in [0.717, 1.165) is 22.7 Å². The van der Waals surface area contributed by atoms with Gasteiger partial charge in [-0.3, -0.25) is 4.79 Å². The summed E-state index contributed by atoms with van der Waals surface area (Å²) >= 11 is 7.43. The Bertz CT molecular complexity index is 1190. The number of ether oxygens (including phenoxy) is 1. The molecule has 170 valence electrons. The number of methoxy groups -OCH3 is 1. The van der Waals surface area contributed by atoms with Crippen LogP contribution >= 0.6 is 22.9 Å². The van der Waals surface area contributed by atoms with Crippen molar-refractivity contribution in [3.8, 4) is 5.75 Å². The Morgan fingerprint density at radius 1 is 1.22 bits per heavy atom. The van der Waals surface area contributed by atoms with Crippen molar-refractivity contribution in [2.75, 3.05) is 14.2 Å². The predicted molar refractivity (Wildman–Crippen MR) is 126 cm³/mol. The Morgan fingerprint density at radius 2 is 1.94 bits per heavy atom. The Morgan fingerprint density at radius 3 is 2.56 bits per heavy atom. The van der Waals surface area contributed by atoms with Gasteiger partial charge in [0.05, 0.1) is 24.4 Å². The summed E-state index contributed by atoms with van der Waals surface area (Å²) < 4.78 is 33.7. The Kier molecular flexibility index (Phi) is 7.89. The van der Waals surface area contributed by atoms with Crippen LogP contribution in [0.15, 0.2) is 52.7 Å². The number of thiazole rings is 1. The lowest BCUT2D eigenvalue weighted by Crippen LogP contribution is -2.27. The third kappa shape index (κ3) is 5.86. The first kappa shape index (κ1) is 24.2. The molecule has 7 nitrogen and oxygen atoms in total. The van der Waals surface area contributed by atoms with E-state index in [2.05, 4.69) is 9.71 Å². The first-order valence-corrected chi connectivity index (χ1v) is 12.6. The molecule has 1 amide bonds. The normalized spacial score (nSPS) is 11.4. The van der Waals surface area contributed by atoms with Crippen LogP contribution in [-0.2, 0) is 29.5 Å². The smallest absolute Gasteiger partial charge is 0.253 e. The van der Waals surface area contributed by atoms with Crippen LogP contribution < -0.4 is 9.46 Å². The van der Waals surface area contributed by atoms with Gasteiger partial charge in [0.2, 0.25) is 10.0 Å². The summed E-state index contributed by atoms with van der Waals surface area (Å²) in [5.74, 6) is -0.159. The quantitative estimate of drug-likeness (QED) is 0.484. The van der Waals surface area contributed by atoms with E-state index in [9.17, 15) is 13.2 Å². The predicted octanol–water partition coefficient (Wildman–Crippen LogP) is 4.12. The molecule has 2 aromatic carbocycles. The van der Waals surface area contributed by atoms with Gasteiger partial charge in [0.1, 0.15) is 10.6 Å². The molecule has 0 bridgehead atoms. The first-order chi connectivity index (χ1) is 15.2. The highest BCUT2D eigenvalue weighted by Gasteiger charge is 2.23. The van der Waals surface area contributed by atoms with E-state index in [1.165, 1.54) is 24.1 Å². The zero-order valence-electron chi connectivity index (χ0n) is 18.0. The van der Waals surface area contributed by atoms with E-state index < -0.39 is 10.0 Å². The van der Waals surface area contributed by atoms with Gasteiger partial charge < -0.3 is 9.64 Å². The number of carbonyl (C=O) groups is 1. The second-order valence-corrected chi connectivity index (χ2v) is 10.2. The van der Waals surface area contributed by atoms with Gasteiger partial charge in [-0.15, -0.1) is 11.3 Å². The van der Waals surface area contributed by atoms with Crippen LogP contribution in [0.4, 0.5) is 0 Å². The molecule has 0 saturated carbocycles. The highest BCUT2D eigenvalue weighted by atomic mass is 35.5. The second-order valence-electron chi connectivity index (χ2n) is 7.06. The maximum atomic E-state index is 13.0. The third-order valence-electron chi connectivity index (χ3n) is 4.73. The first-order valence-electron chi connectivity index (χ1n) is 9.84. The number of nitrogens with zero attached hydrogens (tertiary/aromatic N) is 2. The number of sulfonamides is 1.